The van der Waals surface area contributed by atoms with Crippen LogP contribution in [0.4, 0.5) is 0 Å². The number of aromatic nitrogens is 2. The van der Waals surface area contributed by atoms with Crippen molar-refractivity contribution in [2.45, 2.75) is 0 Å². The van der Waals surface area contributed by atoms with E-state index in [9.17, 15) is 9.90 Å². The van der Waals surface area contributed by atoms with Gasteiger partial charge in [0, 0.05) is 11.1 Å². The normalized spacial score (nSPS) is 10.1. The quantitative estimate of drug-likeness (QED) is 0.847. The number of H-pyrrole nitrogens is 1. The maximum absolute atomic E-state index is 10.9. The van der Waals surface area contributed by atoms with Gasteiger partial charge in [-0.2, -0.15) is 5.10 Å². The predicted molar refractivity (Wildman–Crippen MR) is 61.5 cm³/mol. The van der Waals surface area contributed by atoms with Crippen LogP contribution in [-0.4, -0.2) is 30.4 Å². The largest absolute Gasteiger partial charge is 0.545 e. The Bertz CT molecular complexity index is 577. The molecule has 2 aromatic rings. The monoisotopic (exact) mass is 247 g/mol. The molecule has 1 heterocycles. The van der Waals surface area contributed by atoms with E-state index in [2.05, 4.69) is 10.2 Å². The number of rotatable bonds is 4. The van der Waals surface area contributed by atoms with Crippen LogP contribution in [0.1, 0.15) is 10.4 Å². The number of methoxy groups -OCH3 is 2. The van der Waals surface area contributed by atoms with Gasteiger partial charge in [-0.15, -0.1) is 0 Å². The summed E-state index contributed by atoms with van der Waals surface area (Å²) in [5.41, 5.74) is 1.00. The third-order valence-corrected chi connectivity index (χ3v) is 2.53. The summed E-state index contributed by atoms with van der Waals surface area (Å²) >= 11 is 0. The highest BCUT2D eigenvalue weighted by atomic mass is 16.5. The molecular weight excluding hydrogens is 236 g/mol. The van der Waals surface area contributed by atoms with Crippen molar-refractivity contribution < 1.29 is 19.4 Å². The minimum Gasteiger partial charge on any atom is -0.545 e. The Labute approximate surface area is 103 Å². The zero-order chi connectivity index (χ0) is 13.1. The van der Waals surface area contributed by atoms with Crippen LogP contribution in [0.5, 0.6) is 11.5 Å². The highest BCUT2D eigenvalue weighted by Crippen LogP contribution is 2.32. The fourth-order valence-corrected chi connectivity index (χ4v) is 1.65. The molecule has 1 aromatic carbocycles. The summed E-state index contributed by atoms with van der Waals surface area (Å²) in [6.07, 6.45) is 1.21. The van der Waals surface area contributed by atoms with Crippen LogP contribution in [0, 0.1) is 0 Å². The molecule has 0 saturated heterocycles. The van der Waals surface area contributed by atoms with E-state index in [0.29, 0.717) is 22.8 Å². The minimum absolute atomic E-state index is 0.00206. The molecule has 0 bridgehead atoms. The van der Waals surface area contributed by atoms with Gasteiger partial charge in [0.05, 0.1) is 32.1 Å². The van der Waals surface area contributed by atoms with Gasteiger partial charge in [0.25, 0.3) is 0 Å². The summed E-state index contributed by atoms with van der Waals surface area (Å²) < 4.78 is 10.3. The smallest absolute Gasteiger partial charge is 0.161 e. The Hall–Kier alpha value is -2.50. The lowest BCUT2D eigenvalue weighted by Crippen LogP contribution is -2.22. The number of hydrogen-bond acceptors (Lipinski definition) is 5. The second kappa shape index (κ2) is 4.79. The van der Waals surface area contributed by atoms with E-state index < -0.39 is 5.97 Å². The van der Waals surface area contributed by atoms with Crippen LogP contribution < -0.4 is 14.6 Å². The van der Waals surface area contributed by atoms with Crippen LogP contribution in [0.3, 0.4) is 0 Å². The molecule has 6 heteroatoms. The number of carbonyl (C=O) groups is 1. The van der Waals surface area contributed by atoms with Crippen LogP contribution in [0.15, 0.2) is 24.4 Å². The molecule has 0 fully saturated rings. The first-order valence-electron chi connectivity index (χ1n) is 5.14. The first kappa shape index (κ1) is 12.0. The number of hydrogen-bond donors (Lipinski definition) is 1. The summed E-state index contributed by atoms with van der Waals surface area (Å²) in [5.74, 6) is -0.210. The van der Waals surface area contributed by atoms with Crippen molar-refractivity contribution in [2.24, 2.45) is 0 Å². The molecule has 6 nitrogen and oxygen atoms in total. The number of carbonyl (C=O) groups excluding carboxylic acids is 1. The van der Waals surface area contributed by atoms with Crippen molar-refractivity contribution in [2.75, 3.05) is 14.2 Å². The lowest BCUT2D eigenvalue weighted by atomic mass is 10.1. The Morgan fingerprint density at radius 3 is 2.61 bits per heavy atom. The number of aromatic amines is 1. The number of carboxylic acids is 1. The molecule has 0 radical (unpaired) electrons. The first-order chi connectivity index (χ1) is 8.67. The second-order valence-corrected chi connectivity index (χ2v) is 3.52. The zero-order valence-electron chi connectivity index (χ0n) is 9.89. The van der Waals surface area contributed by atoms with Gasteiger partial charge in [0.15, 0.2) is 11.5 Å². The molecule has 2 rings (SSSR count). The maximum atomic E-state index is 10.9. The SMILES string of the molecule is COc1ccc(-c2[nH]ncc2C(=O)[O-])cc1OC. The van der Waals surface area contributed by atoms with Gasteiger partial charge >= 0.3 is 0 Å². The van der Waals surface area contributed by atoms with Gasteiger partial charge < -0.3 is 19.4 Å². The molecule has 0 aliphatic heterocycles. The van der Waals surface area contributed by atoms with E-state index in [4.69, 9.17) is 9.47 Å². The molecule has 1 N–H and O–H groups in total. The number of benzene rings is 1. The summed E-state index contributed by atoms with van der Waals surface area (Å²) in [6, 6.07) is 5.06. The highest BCUT2D eigenvalue weighted by Gasteiger charge is 2.11. The summed E-state index contributed by atoms with van der Waals surface area (Å²) in [7, 11) is 3.04. The number of aromatic carboxylic acids is 1. The average Bonchev–Trinajstić information content (AvgIpc) is 2.87. The maximum Gasteiger partial charge on any atom is 0.161 e. The summed E-state index contributed by atoms with van der Waals surface area (Å²) in [5, 5.41) is 17.2. The number of carboxylic acid groups (broad SMARTS) is 1. The second-order valence-electron chi connectivity index (χ2n) is 3.52. The topological polar surface area (TPSA) is 87.3 Å². The molecule has 0 aliphatic carbocycles. The van der Waals surface area contributed by atoms with Crippen LogP contribution >= 0.6 is 0 Å². The third-order valence-electron chi connectivity index (χ3n) is 2.53. The van der Waals surface area contributed by atoms with Crippen molar-refractivity contribution in [1.82, 2.24) is 10.2 Å². The first-order valence-corrected chi connectivity index (χ1v) is 5.14. The predicted octanol–water partition coefficient (Wildman–Crippen LogP) is 0.457. The minimum atomic E-state index is -1.28. The molecule has 0 spiro atoms. The molecule has 0 unspecified atom stereocenters. The average molecular weight is 247 g/mol. The van der Waals surface area contributed by atoms with Crippen LogP contribution in [0.25, 0.3) is 11.3 Å². The third kappa shape index (κ3) is 2.00. The molecule has 0 aliphatic rings. The van der Waals surface area contributed by atoms with Gasteiger partial charge in [-0.3, -0.25) is 5.10 Å². The van der Waals surface area contributed by atoms with Crippen LogP contribution in [-0.2, 0) is 0 Å². The number of ether oxygens (including phenoxy) is 2. The van der Waals surface area contributed by atoms with Crippen LogP contribution in [0.2, 0.25) is 0 Å². The van der Waals surface area contributed by atoms with E-state index >= 15 is 0 Å². The molecule has 94 valence electrons. The standard InChI is InChI=1S/C12H12N2O4/c1-17-9-4-3-7(5-10(9)18-2)11-8(12(15)16)6-13-14-11/h3-6H,1-2H3,(H,13,14)(H,15,16)/p-1. The lowest BCUT2D eigenvalue weighted by molar-refractivity contribution is -0.254. The van der Waals surface area contributed by atoms with Crippen molar-refractivity contribution >= 4 is 5.97 Å². The molecule has 0 atom stereocenters. The highest BCUT2D eigenvalue weighted by molar-refractivity contribution is 5.93. The van der Waals surface area contributed by atoms with Gasteiger partial charge in [-0.1, -0.05) is 0 Å². The Kier molecular flexibility index (Phi) is 3.18. The fourth-order valence-electron chi connectivity index (χ4n) is 1.65. The van der Waals surface area contributed by atoms with Gasteiger partial charge in [0.2, 0.25) is 0 Å². The number of nitrogens with one attached hydrogen (secondary N) is 1. The molecule has 18 heavy (non-hydrogen) atoms. The fraction of sp³-hybridized carbons (Fsp3) is 0.167. The van der Waals surface area contributed by atoms with Gasteiger partial charge in [-0.25, -0.2) is 0 Å². The Balaban J connectivity index is 2.51. The molecule has 0 amide bonds. The Morgan fingerprint density at radius 2 is 2.00 bits per heavy atom. The van der Waals surface area contributed by atoms with Gasteiger partial charge in [-0.05, 0) is 18.2 Å². The van der Waals surface area contributed by atoms with Crippen molar-refractivity contribution in [1.29, 1.82) is 0 Å². The van der Waals surface area contributed by atoms with E-state index in [1.807, 2.05) is 0 Å². The van der Waals surface area contributed by atoms with Crippen molar-refractivity contribution in [3.8, 4) is 22.8 Å². The van der Waals surface area contributed by atoms with E-state index in [-0.39, 0.29) is 5.56 Å². The molecule has 1 aromatic heterocycles. The van der Waals surface area contributed by atoms with Crippen molar-refractivity contribution in [3.63, 3.8) is 0 Å². The summed E-state index contributed by atoms with van der Waals surface area (Å²) in [4.78, 5) is 10.9. The zero-order valence-corrected chi connectivity index (χ0v) is 9.89. The van der Waals surface area contributed by atoms with E-state index in [1.165, 1.54) is 20.4 Å². The molecule has 0 saturated carbocycles. The Morgan fingerprint density at radius 1 is 1.28 bits per heavy atom. The molecular formula is C12H11N2O4-. The van der Waals surface area contributed by atoms with Crippen molar-refractivity contribution in [3.05, 3.63) is 30.0 Å². The van der Waals surface area contributed by atoms with E-state index in [0.717, 1.165) is 0 Å². The summed E-state index contributed by atoms with van der Waals surface area (Å²) in [6.45, 7) is 0. The number of nitrogens with zero attached hydrogens (tertiary/aromatic N) is 1. The van der Waals surface area contributed by atoms with E-state index in [1.54, 1.807) is 18.2 Å². The lowest BCUT2D eigenvalue weighted by Gasteiger charge is -2.10. The van der Waals surface area contributed by atoms with Gasteiger partial charge in [0.1, 0.15) is 0 Å².